The molecule has 2 aromatic rings. The molecule has 0 spiro atoms. The van der Waals surface area contributed by atoms with Crippen molar-refractivity contribution in [3.8, 4) is 0 Å². The normalized spacial score (nSPS) is 12.8. The molecule has 24 heavy (non-hydrogen) atoms. The summed E-state index contributed by atoms with van der Waals surface area (Å²) in [6.45, 7) is 5.72. The van der Waals surface area contributed by atoms with E-state index >= 15 is 0 Å². The van der Waals surface area contributed by atoms with Gasteiger partial charge in [0.25, 0.3) is 5.91 Å². The molecule has 1 heterocycles. The number of nitrogens with two attached hydrogens (primary N) is 1. The Morgan fingerprint density at radius 3 is 2.71 bits per heavy atom. The van der Waals surface area contributed by atoms with Crippen molar-refractivity contribution in [1.29, 1.82) is 0 Å². The van der Waals surface area contributed by atoms with Crippen LogP contribution in [-0.2, 0) is 16.0 Å². The minimum atomic E-state index is -0.983. The highest BCUT2D eigenvalue weighted by molar-refractivity contribution is 5.85. The lowest BCUT2D eigenvalue weighted by molar-refractivity contribution is -0.134. The van der Waals surface area contributed by atoms with Gasteiger partial charge in [0.05, 0.1) is 0 Å². The number of primary amides is 1. The first-order valence-corrected chi connectivity index (χ1v) is 7.68. The number of hydrogen-bond donors (Lipinski definition) is 3. The lowest BCUT2D eigenvalue weighted by Crippen LogP contribution is -2.46. The minimum absolute atomic E-state index is 0.305. The second kappa shape index (κ2) is 6.90. The molecular formula is C17H22FN3O3. The SMILES string of the molecule is CC(C)(C)C(OC(N)=O)C(=O)NCCc1c[nH]c2cc(F)ccc12. The molecule has 130 valence electrons. The lowest BCUT2D eigenvalue weighted by Gasteiger charge is -2.28. The number of carbonyl (C=O) groups is 2. The van der Waals surface area contributed by atoms with E-state index in [2.05, 4.69) is 10.3 Å². The fraction of sp³-hybridized carbons (Fsp3) is 0.412. The Balaban J connectivity index is 1.99. The topological polar surface area (TPSA) is 97.2 Å². The zero-order valence-electron chi connectivity index (χ0n) is 14.0. The summed E-state index contributed by atoms with van der Waals surface area (Å²) < 4.78 is 18.1. The predicted octanol–water partition coefficient (Wildman–Crippen LogP) is 2.48. The standard InChI is InChI=1S/C17H22FN3O3/c1-17(2,3)14(24-16(19)23)15(22)20-7-6-10-9-21-13-8-11(18)4-5-12(10)13/h4-5,8-9,14,21H,6-7H2,1-3H3,(H2,19,23)(H,20,22). The van der Waals surface area contributed by atoms with Crippen molar-refractivity contribution in [3.63, 3.8) is 0 Å². The maximum absolute atomic E-state index is 13.2. The molecule has 0 aliphatic heterocycles. The van der Waals surface area contributed by atoms with E-state index in [1.54, 1.807) is 33.0 Å². The monoisotopic (exact) mass is 335 g/mol. The van der Waals surface area contributed by atoms with Gasteiger partial charge in [-0.1, -0.05) is 20.8 Å². The molecule has 2 rings (SSSR count). The highest BCUT2D eigenvalue weighted by atomic mass is 19.1. The molecule has 0 aliphatic rings. The number of rotatable bonds is 5. The number of fused-ring (bicyclic) bond motifs is 1. The van der Waals surface area contributed by atoms with Crippen molar-refractivity contribution >= 4 is 22.9 Å². The molecule has 0 saturated carbocycles. The average molecular weight is 335 g/mol. The van der Waals surface area contributed by atoms with Gasteiger partial charge in [-0.25, -0.2) is 9.18 Å². The van der Waals surface area contributed by atoms with Crippen LogP contribution in [0.3, 0.4) is 0 Å². The largest absolute Gasteiger partial charge is 0.436 e. The maximum Gasteiger partial charge on any atom is 0.405 e. The van der Waals surface area contributed by atoms with Gasteiger partial charge in [0.2, 0.25) is 0 Å². The van der Waals surface area contributed by atoms with Crippen molar-refractivity contribution in [2.75, 3.05) is 6.54 Å². The summed E-state index contributed by atoms with van der Waals surface area (Å²) in [5.41, 5.74) is 6.14. The third kappa shape index (κ3) is 4.24. The van der Waals surface area contributed by atoms with Crippen LogP contribution in [0.2, 0.25) is 0 Å². The maximum atomic E-state index is 13.2. The molecule has 0 aliphatic carbocycles. The van der Waals surface area contributed by atoms with Crippen LogP contribution in [0, 0.1) is 11.2 Å². The summed E-state index contributed by atoms with van der Waals surface area (Å²) in [7, 11) is 0. The molecule has 0 radical (unpaired) electrons. The van der Waals surface area contributed by atoms with Crippen molar-refractivity contribution in [2.24, 2.45) is 11.1 Å². The third-order valence-corrected chi connectivity index (χ3v) is 3.68. The summed E-state index contributed by atoms with van der Waals surface area (Å²) >= 11 is 0. The van der Waals surface area contributed by atoms with E-state index in [1.807, 2.05) is 0 Å². The van der Waals surface area contributed by atoms with E-state index in [9.17, 15) is 14.0 Å². The number of nitrogens with one attached hydrogen (secondary N) is 2. The molecule has 4 N–H and O–H groups in total. The van der Waals surface area contributed by atoms with Crippen LogP contribution in [0.1, 0.15) is 26.3 Å². The molecule has 2 amide bonds. The van der Waals surface area contributed by atoms with Crippen molar-refractivity contribution in [3.05, 3.63) is 35.8 Å². The fourth-order valence-corrected chi connectivity index (χ4v) is 2.52. The Kier molecular flexibility index (Phi) is 5.11. The molecule has 1 atom stereocenters. The molecule has 1 aromatic heterocycles. The molecule has 0 bridgehead atoms. The van der Waals surface area contributed by atoms with E-state index in [1.165, 1.54) is 12.1 Å². The summed E-state index contributed by atoms with van der Waals surface area (Å²) in [4.78, 5) is 26.2. The molecule has 1 unspecified atom stereocenters. The van der Waals surface area contributed by atoms with Gasteiger partial charge in [-0.15, -0.1) is 0 Å². The van der Waals surface area contributed by atoms with Crippen LogP contribution in [0.5, 0.6) is 0 Å². The number of amides is 2. The first kappa shape index (κ1) is 17.8. The minimum Gasteiger partial charge on any atom is -0.436 e. The van der Waals surface area contributed by atoms with Crippen LogP contribution in [0.4, 0.5) is 9.18 Å². The number of benzene rings is 1. The quantitative estimate of drug-likeness (QED) is 0.783. The smallest absolute Gasteiger partial charge is 0.405 e. The van der Waals surface area contributed by atoms with Gasteiger partial charge in [-0.05, 0) is 30.2 Å². The van der Waals surface area contributed by atoms with Gasteiger partial charge in [-0.3, -0.25) is 4.79 Å². The second-order valence-electron chi connectivity index (χ2n) is 6.73. The van der Waals surface area contributed by atoms with Gasteiger partial charge in [0, 0.05) is 29.1 Å². The van der Waals surface area contributed by atoms with Gasteiger partial charge in [-0.2, -0.15) is 0 Å². The van der Waals surface area contributed by atoms with Crippen LogP contribution < -0.4 is 11.1 Å². The summed E-state index contributed by atoms with van der Waals surface area (Å²) in [5.74, 6) is -0.701. The zero-order valence-corrected chi connectivity index (χ0v) is 14.0. The molecule has 1 aromatic carbocycles. The Bertz CT molecular complexity index is 749. The number of hydrogen-bond acceptors (Lipinski definition) is 3. The van der Waals surface area contributed by atoms with Crippen LogP contribution in [-0.4, -0.2) is 29.6 Å². The number of aromatic nitrogens is 1. The predicted molar refractivity (Wildman–Crippen MR) is 88.9 cm³/mol. The van der Waals surface area contributed by atoms with E-state index in [0.29, 0.717) is 18.5 Å². The summed E-state index contributed by atoms with van der Waals surface area (Å²) in [6, 6.07) is 4.52. The molecular weight excluding hydrogens is 313 g/mol. The van der Waals surface area contributed by atoms with Crippen molar-refractivity contribution < 1.29 is 18.7 Å². The molecule has 7 heteroatoms. The van der Waals surface area contributed by atoms with Crippen molar-refractivity contribution in [1.82, 2.24) is 10.3 Å². The summed E-state index contributed by atoms with van der Waals surface area (Å²) in [6.07, 6.45) is 0.401. The second-order valence-corrected chi connectivity index (χ2v) is 6.73. The molecule has 0 saturated heterocycles. The van der Waals surface area contributed by atoms with E-state index < -0.39 is 23.5 Å². The Labute approximate surface area is 139 Å². The molecule has 0 fully saturated rings. The number of H-pyrrole nitrogens is 1. The van der Waals surface area contributed by atoms with Gasteiger partial charge < -0.3 is 20.8 Å². The zero-order chi connectivity index (χ0) is 17.9. The summed E-state index contributed by atoms with van der Waals surface area (Å²) in [5, 5.41) is 3.66. The highest BCUT2D eigenvalue weighted by Crippen LogP contribution is 2.23. The van der Waals surface area contributed by atoms with Crippen LogP contribution in [0.15, 0.2) is 24.4 Å². The Hall–Kier alpha value is -2.57. The fourth-order valence-electron chi connectivity index (χ4n) is 2.52. The third-order valence-electron chi connectivity index (χ3n) is 3.68. The Morgan fingerprint density at radius 2 is 2.08 bits per heavy atom. The lowest BCUT2D eigenvalue weighted by atomic mass is 9.88. The van der Waals surface area contributed by atoms with Gasteiger partial charge >= 0.3 is 6.09 Å². The number of ether oxygens (including phenoxy) is 1. The van der Waals surface area contributed by atoms with E-state index in [4.69, 9.17) is 10.5 Å². The van der Waals surface area contributed by atoms with Crippen LogP contribution in [0.25, 0.3) is 10.9 Å². The highest BCUT2D eigenvalue weighted by Gasteiger charge is 2.34. The number of carbonyl (C=O) groups excluding carboxylic acids is 2. The number of aromatic amines is 1. The first-order valence-electron chi connectivity index (χ1n) is 7.68. The average Bonchev–Trinajstić information content (AvgIpc) is 2.85. The molecule has 6 nitrogen and oxygen atoms in total. The number of halogens is 1. The van der Waals surface area contributed by atoms with E-state index in [0.717, 1.165) is 10.9 Å². The van der Waals surface area contributed by atoms with Crippen LogP contribution >= 0.6 is 0 Å². The first-order chi connectivity index (χ1) is 11.2. The van der Waals surface area contributed by atoms with Crippen molar-refractivity contribution in [2.45, 2.75) is 33.3 Å². The van der Waals surface area contributed by atoms with E-state index in [-0.39, 0.29) is 5.82 Å². The Morgan fingerprint density at radius 1 is 1.38 bits per heavy atom. The van der Waals surface area contributed by atoms with Gasteiger partial charge in [0.15, 0.2) is 6.10 Å². The van der Waals surface area contributed by atoms with Gasteiger partial charge in [0.1, 0.15) is 5.82 Å².